The Balaban J connectivity index is 2.04. The molecular formula is C13H17F2NOS. The number of rotatable bonds is 4. The molecule has 18 heavy (non-hydrogen) atoms. The second-order valence-electron chi connectivity index (χ2n) is 4.68. The van der Waals surface area contributed by atoms with E-state index in [0.29, 0.717) is 35.9 Å². The van der Waals surface area contributed by atoms with Crippen LogP contribution in [0, 0.1) is 0 Å². The number of aliphatic hydroxyl groups is 1. The molecular weight excluding hydrogens is 256 g/mol. The van der Waals surface area contributed by atoms with E-state index in [1.54, 1.807) is 18.2 Å². The first-order chi connectivity index (χ1) is 8.57. The minimum Gasteiger partial charge on any atom is -0.389 e. The molecule has 1 aliphatic rings. The predicted molar refractivity (Wildman–Crippen MR) is 69.1 cm³/mol. The van der Waals surface area contributed by atoms with Crippen molar-refractivity contribution in [2.75, 3.05) is 13.1 Å². The van der Waals surface area contributed by atoms with Crippen LogP contribution in [-0.4, -0.2) is 29.6 Å². The van der Waals surface area contributed by atoms with E-state index in [0.717, 1.165) is 18.7 Å². The third kappa shape index (κ3) is 3.93. The summed E-state index contributed by atoms with van der Waals surface area (Å²) in [6.07, 6.45) is 1.95. The molecule has 0 unspecified atom stereocenters. The molecule has 0 atom stereocenters. The summed E-state index contributed by atoms with van der Waals surface area (Å²) in [5.41, 5.74) is 0.226. The van der Waals surface area contributed by atoms with Gasteiger partial charge >= 0.3 is 0 Å². The van der Waals surface area contributed by atoms with Gasteiger partial charge in [-0.25, -0.2) is 0 Å². The van der Waals surface area contributed by atoms with Crippen LogP contribution in [0.5, 0.6) is 0 Å². The molecule has 100 valence electrons. The average Bonchev–Trinajstić information content (AvgIpc) is 2.28. The van der Waals surface area contributed by atoms with E-state index >= 15 is 0 Å². The Labute approximate surface area is 110 Å². The van der Waals surface area contributed by atoms with Gasteiger partial charge in [0, 0.05) is 11.3 Å². The van der Waals surface area contributed by atoms with Crippen molar-refractivity contribution in [2.45, 2.75) is 35.5 Å². The van der Waals surface area contributed by atoms with Gasteiger partial charge in [-0.05, 0) is 43.6 Å². The van der Waals surface area contributed by atoms with Gasteiger partial charge in [-0.15, -0.1) is 0 Å². The molecule has 0 aromatic heterocycles. The first-order valence-electron chi connectivity index (χ1n) is 6.04. The van der Waals surface area contributed by atoms with Crippen molar-refractivity contribution in [1.29, 1.82) is 0 Å². The molecule has 1 aliphatic heterocycles. The summed E-state index contributed by atoms with van der Waals surface area (Å²) in [7, 11) is 0. The van der Waals surface area contributed by atoms with Crippen molar-refractivity contribution in [1.82, 2.24) is 5.32 Å². The van der Waals surface area contributed by atoms with Crippen LogP contribution in [0.3, 0.4) is 0 Å². The molecule has 1 aromatic rings. The Bertz CT molecular complexity index is 394. The van der Waals surface area contributed by atoms with E-state index in [2.05, 4.69) is 5.32 Å². The fourth-order valence-electron chi connectivity index (χ4n) is 2.28. The van der Waals surface area contributed by atoms with Crippen LogP contribution in [0.4, 0.5) is 8.78 Å². The van der Waals surface area contributed by atoms with E-state index in [1.165, 1.54) is 0 Å². The fourth-order valence-corrected chi connectivity index (χ4v) is 2.86. The first kappa shape index (κ1) is 13.8. The Hall–Kier alpha value is -0.650. The molecule has 1 heterocycles. The third-order valence-electron chi connectivity index (χ3n) is 3.19. The summed E-state index contributed by atoms with van der Waals surface area (Å²) < 4.78 is 24.6. The summed E-state index contributed by atoms with van der Waals surface area (Å²) in [4.78, 5) is 0.556. The second-order valence-corrected chi connectivity index (χ2v) is 5.74. The lowest BCUT2D eigenvalue weighted by Crippen LogP contribution is -2.43. The Morgan fingerprint density at radius 3 is 2.72 bits per heavy atom. The monoisotopic (exact) mass is 273 g/mol. The molecule has 2 rings (SSSR count). The first-order valence-corrected chi connectivity index (χ1v) is 6.92. The largest absolute Gasteiger partial charge is 0.389 e. The molecule has 2 N–H and O–H groups in total. The van der Waals surface area contributed by atoms with Gasteiger partial charge in [-0.3, -0.25) is 0 Å². The van der Waals surface area contributed by atoms with Crippen molar-refractivity contribution >= 4 is 11.8 Å². The Morgan fingerprint density at radius 1 is 1.33 bits per heavy atom. The molecule has 0 bridgehead atoms. The van der Waals surface area contributed by atoms with E-state index in [1.807, 2.05) is 6.07 Å². The molecule has 1 saturated heterocycles. The van der Waals surface area contributed by atoms with Crippen molar-refractivity contribution in [2.24, 2.45) is 0 Å². The van der Waals surface area contributed by atoms with Gasteiger partial charge in [-0.2, -0.15) is 8.78 Å². The maximum Gasteiger partial charge on any atom is 0.288 e. The zero-order valence-corrected chi connectivity index (χ0v) is 10.9. The fraction of sp³-hybridized carbons (Fsp3) is 0.538. The Morgan fingerprint density at radius 2 is 2.06 bits per heavy atom. The normalized spacial score (nSPS) is 19.1. The van der Waals surface area contributed by atoms with Crippen LogP contribution < -0.4 is 5.32 Å². The van der Waals surface area contributed by atoms with Crippen LogP contribution >= 0.6 is 11.8 Å². The lowest BCUT2D eigenvalue weighted by Gasteiger charge is -2.32. The number of piperidine rings is 1. The predicted octanol–water partition coefficient (Wildman–Crippen LogP) is 2.66. The summed E-state index contributed by atoms with van der Waals surface area (Å²) in [6.45, 7) is 1.62. The lowest BCUT2D eigenvalue weighted by molar-refractivity contribution is 0.0108. The molecule has 0 amide bonds. The number of benzene rings is 1. The highest BCUT2D eigenvalue weighted by atomic mass is 32.2. The van der Waals surface area contributed by atoms with Gasteiger partial charge in [0.2, 0.25) is 0 Å². The van der Waals surface area contributed by atoms with Gasteiger partial charge in [0.15, 0.2) is 0 Å². The highest BCUT2D eigenvalue weighted by Crippen LogP contribution is 2.28. The topological polar surface area (TPSA) is 32.3 Å². The molecule has 0 radical (unpaired) electrons. The minimum atomic E-state index is -2.40. The SMILES string of the molecule is OC1(Cc2cccc(SC(F)F)c2)CCNCC1. The van der Waals surface area contributed by atoms with Crippen LogP contribution in [0.2, 0.25) is 0 Å². The lowest BCUT2D eigenvalue weighted by atomic mass is 9.86. The van der Waals surface area contributed by atoms with E-state index in [4.69, 9.17) is 0 Å². The maximum absolute atomic E-state index is 12.3. The molecule has 0 saturated carbocycles. The number of hydrogen-bond donors (Lipinski definition) is 2. The standard InChI is InChI=1S/C13H17F2NOS/c14-12(15)18-11-3-1-2-10(8-11)9-13(17)4-6-16-7-5-13/h1-3,8,12,16-17H,4-7,9H2. The summed E-state index contributed by atoms with van der Waals surface area (Å²) in [5, 5.41) is 13.6. The molecule has 2 nitrogen and oxygen atoms in total. The van der Waals surface area contributed by atoms with Crippen molar-refractivity contribution < 1.29 is 13.9 Å². The molecule has 0 aliphatic carbocycles. The zero-order valence-electron chi connectivity index (χ0n) is 10.0. The summed E-state index contributed by atoms with van der Waals surface area (Å²) >= 11 is 0.546. The van der Waals surface area contributed by atoms with Crippen LogP contribution in [0.15, 0.2) is 29.2 Å². The molecule has 1 fully saturated rings. The second kappa shape index (κ2) is 5.99. The zero-order chi connectivity index (χ0) is 13.0. The van der Waals surface area contributed by atoms with Crippen LogP contribution in [0.1, 0.15) is 18.4 Å². The summed E-state index contributed by atoms with van der Waals surface area (Å²) in [6, 6.07) is 7.07. The van der Waals surface area contributed by atoms with Crippen molar-refractivity contribution in [3.05, 3.63) is 29.8 Å². The van der Waals surface area contributed by atoms with Crippen LogP contribution in [0.25, 0.3) is 0 Å². The number of thioether (sulfide) groups is 1. The number of nitrogens with one attached hydrogen (secondary N) is 1. The van der Waals surface area contributed by atoms with Crippen molar-refractivity contribution in [3.63, 3.8) is 0 Å². The van der Waals surface area contributed by atoms with E-state index in [-0.39, 0.29) is 0 Å². The maximum atomic E-state index is 12.3. The third-order valence-corrected chi connectivity index (χ3v) is 3.90. The van der Waals surface area contributed by atoms with Gasteiger partial charge < -0.3 is 10.4 Å². The summed E-state index contributed by atoms with van der Waals surface area (Å²) in [5.74, 6) is -2.40. The van der Waals surface area contributed by atoms with Gasteiger partial charge in [0.25, 0.3) is 5.76 Å². The Kier molecular flexibility index (Phi) is 4.59. The van der Waals surface area contributed by atoms with Gasteiger partial charge in [0.1, 0.15) is 0 Å². The van der Waals surface area contributed by atoms with Gasteiger partial charge in [0.05, 0.1) is 5.60 Å². The molecule has 0 spiro atoms. The highest BCUT2D eigenvalue weighted by molar-refractivity contribution is 7.99. The van der Waals surface area contributed by atoms with E-state index in [9.17, 15) is 13.9 Å². The average molecular weight is 273 g/mol. The number of halogens is 2. The van der Waals surface area contributed by atoms with Gasteiger partial charge in [-0.1, -0.05) is 23.9 Å². The molecule has 5 heteroatoms. The number of hydrogen-bond acceptors (Lipinski definition) is 3. The number of alkyl halides is 2. The quantitative estimate of drug-likeness (QED) is 0.827. The van der Waals surface area contributed by atoms with Crippen LogP contribution in [-0.2, 0) is 6.42 Å². The minimum absolute atomic E-state index is 0.534. The molecule has 1 aromatic carbocycles. The smallest absolute Gasteiger partial charge is 0.288 e. The van der Waals surface area contributed by atoms with E-state index < -0.39 is 11.4 Å². The highest BCUT2D eigenvalue weighted by Gasteiger charge is 2.29. The van der Waals surface area contributed by atoms with Crippen molar-refractivity contribution in [3.8, 4) is 0 Å².